The van der Waals surface area contributed by atoms with E-state index < -0.39 is 0 Å². The molecule has 0 atom stereocenters. The van der Waals surface area contributed by atoms with Gasteiger partial charge in [-0.3, -0.25) is 4.79 Å². The van der Waals surface area contributed by atoms with Crippen molar-refractivity contribution in [2.24, 2.45) is 0 Å². The molecule has 1 aromatic rings. The minimum atomic E-state index is -0.0686. The van der Waals surface area contributed by atoms with Gasteiger partial charge in [-0.05, 0) is 54.5 Å². The first-order valence-electron chi connectivity index (χ1n) is 5.73. The van der Waals surface area contributed by atoms with Crippen LogP contribution in [0.4, 0.5) is 5.82 Å². The van der Waals surface area contributed by atoms with Crippen LogP contribution in [0.15, 0.2) is 11.1 Å². The molecule has 0 bridgehead atoms. The molecule has 2 rings (SSSR count). The lowest BCUT2D eigenvalue weighted by atomic mass is 9.95. The van der Waals surface area contributed by atoms with Crippen LogP contribution < -0.4 is 10.9 Å². The van der Waals surface area contributed by atoms with Crippen LogP contribution in [0.2, 0.25) is 0 Å². The number of hydrogen-bond acceptors (Lipinski definition) is 4. The van der Waals surface area contributed by atoms with Crippen molar-refractivity contribution in [3.05, 3.63) is 20.3 Å². The Kier molecular flexibility index (Phi) is 4.72. The van der Waals surface area contributed by atoms with Gasteiger partial charge in [0.2, 0.25) is 0 Å². The molecule has 17 heavy (non-hydrogen) atoms. The molecular weight excluding hydrogens is 349 g/mol. The minimum Gasteiger partial charge on any atom is -0.366 e. The highest BCUT2D eigenvalue weighted by molar-refractivity contribution is 14.1. The number of hydrogen-bond donors (Lipinski definition) is 2. The molecule has 1 heterocycles. The zero-order valence-electron chi connectivity index (χ0n) is 9.70. The lowest BCUT2D eigenvalue weighted by Crippen LogP contribution is -2.29. The van der Waals surface area contributed by atoms with E-state index in [4.69, 9.17) is 0 Å². The summed E-state index contributed by atoms with van der Waals surface area (Å²) in [6, 6.07) is 0.459. The number of H-pyrrole nitrogens is 1. The van der Waals surface area contributed by atoms with E-state index in [0.29, 0.717) is 9.61 Å². The zero-order chi connectivity index (χ0) is 12.3. The van der Waals surface area contributed by atoms with E-state index in [9.17, 15) is 4.79 Å². The summed E-state index contributed by atoms with van der Waals surface area (Å²) in [5, 5.41) is 4.19. The second kappa shape index (κ2) is 6.08. The van der Waals surface area contributed by atoms with Crippen LogP contribution in [0.3, 0.4) is 0 Å². The third kappa shape index (κ3) is 3.37. The van der Waals surface area contributed by atoms with Crippen molar-refractivity contribution < 1.29 is 0 Å². The van der Waals surface area contributed by atoms with E-state index in [1.807, 2.05) is 34.4 Å². The molecule has 0 radical (unpaired) electrons. The summed E-state index contributed by atoms with van der Waals surface area (Å²) in [5.74, 6) is 0.724. The predicted molar refractivity (Wildman–Crippen MR) is 80.8 cm³/mol. The van der Waals surface area contributed by atoms with Gasteiger partial charge in [0.05, 0.1) is 6.33 Å². The normalized spacial score (nSPS) is 24.6. The predicted octanol–water partition coefficient (Wildman–Crippen LogP) is 2.46. The zero-order valence-corrected chi connectivity index (χ0v) is 12.7. The van der Waals surface area contributed by atoms with Crippen molar-refractivity contribution in [2.45, 2.75) is 37.0 Å². The van der Waals surface area contributed by atoms with Gasteiger partial charge in [0, 0.05) is 11.3 Å². The molecule has 1 fully saturated rings. The van der Waals surface area contributed by atoms with Gasteiger partial charge in [-0.25, -0.2) is 4.98 Å². The van der Waals surface area contributed by atoms with Crippen LogP contribution >= 0.6 is 34.4 Å². The first-order chi connectivity index (χ1) is 8.20. The van der Waals surface area contributed by atoms with Crippen molar-refractivity contribution in [3.8, 4) is 0 Å². The molecule has 1 aromatic heterocycles. The van der Waals surface area contributed by atoms with Gasteiger partial charge in [-0.2, -0.15) is 11.8 Å². The Morgan fingerprint density at radius 1 is 1.47 bits per heavy atom. The Labute approximate surface area is 119 Å². The molecular formula is C11H16IN3OS. The van der Waals surface area contributed by atoms with E-state index >= 15 is 0 Å². The first kappa shape index (κ1) is 13.2. The second-order valence-electron chi connectivity index (χ2n) is 4.25. The van der Waals surface area contributed by atoms with Crippen molar-refractivity contribution in [1.29, 1.82) is 0 Å². The van der Waals surface area contributed by atoms with Gasteiger partial charge in [0.15, 0.2) is 0 Å². The van der Waals surface area contributed by atoms with Crippen molar-refractivity contribution in [3.63, 3.8) is 0 Å². The van der Waals surface area contributed by atoms with Crippen LogP contribution in [-0.2, 0) is 0 Å². The number of nitrogens with one attached hydrogen (secondary N) is 2. The summed E-state index contributed by atoms with van der Waals surface area (Å²) in [7, 11) is 0. The lowest BCUT2D eigenvalue weighted by molar-refractivity contribution is 0.472. The molecule has 1 aliphatic carbocycles. The standard InChI is InChI=1S/C11H16IN3OS/c1-17-8-4-2-7(3-5-8)15-10-9(12)11(16)14-6-13-10/h6-8H,2-5H2,1H3,(H2,13,14,15,16). The maximum Gasteiger partial charge on any atom is 0.266 e. The quantitative estimate of drug-likeness (QED) is 0.808. The van der Waals surface area contributed by atoms with Crippen molar-refractivity contribution >= 4 is 40.2 Å². The largest absolute Gasteiger partial charge is 0.366 e. The van der Waals surface area contributed by atoms with E-state index in [2.05, 4.69) is 21.5 Å². The van der Waals surface area contributed by atoms with E-state index in [-0.39, 0.29) is 5.56 Å². The fourth-order valence-electron chi connectivity index (χ4n) is 2.12. The minimum absolute atomic E-state index is 0.0686. The molecule has 1 aliphatic rings. The number of aromatic nitrogens is 2. The molecule has 0 amide bonds. The highest BCUT2D eigenvalue weighted by Gasteiger charge is 2.21. The number of anilines is 1. The molecule has 0 aliphatic heterocycles. The fraction of sp³-hybridized carbons (Fsp3) is 0.636. The number of aromatic amines is 1. The van der Waals surface area contributed by atoms with Gasteiger partial charge >= 0.3 is 0 Å². The lowest BCUT2D eigenvalue weighted by Gasteiger charge is -2.28. The summed E-state index contributed by atoms with van der Waals surface area (Å²) in [6.07, 6.45) is 8.46. The highest BCUT2D eigenvalue weighted by Crippen LogP contribution is 2.28. The molecule has 94 valence electrons. The van der Waals surface area contributed by atoms with Crippen LogP contribution in [-0.4, -0.2) is 27.5 Å². The molecule has 0 aromatic carbocycles. The Hall–Kier alpha value is -0.240. The van der Waals surface area contributed by atoms with Crippen LogP contribution in [0.25, 0.3) is 0 Å². The Morgan fingerprint density at radius 2 is 2.18 bits per heavy atom. The van der Waals surface area contributed by atoms with Crippen molar-refractivity contribution in [1.82, 2.24) is 9.97 Å². The third-order valence-electron chi connectivity index (χ3n) is 3.14. The van der Waals surface area contributed by atoms with Gasteiger partial charge in [0.1, 0.15) is 9.39 Å². The maximum atomic E-state index is 11.4. The summed E-state index contributed by atoms with van der Waals surface area (Å²) >= 11 is 4.00. The fourth-order valence-corrected chi connectivity index (χ4v) is 3.31. The Balaban J connectivity index is 1.98. The first-order valence-corrected chi connectivity index (χ1v) is 8.10. The molecule has 1 saturated carbocycles. The average molecular weight is 365 g/mol. The van der Waals surface area contributed by atoms with Crippen LogP contribution in [0.1, 0.15) is 25.7 Å². The van der Waals surface area contributed by atoms with Crippen molar-refractivity contribution in [2.75, 3.05) is 11.6 Å². The number of rotatable bonds is 3. The van der Waals surface area contributed by atoms with Gasteiger partial charge in [0.25, 0.3) is 5.56 Å². The summed E-state index contributed by atoms with van der Waals surface area (Å²) < 4.78 is 0.650. The molecule has 0 spiro atoms. The summed E-state index contributed by atoms with van der Waals surface area (Å²) in [4.78, 5) is 18.2. The third-order valence-corrected chi connectivity index (χ3v) is 5.28. The maximum absolute atomic E-state index is 11.4. The summed E-state index contributed by atoms with van der Waals surface area (Å²) in [6.45, 7) is 0. The smallest absolute Gasteiger partial charge is 0.266 e. The molecule has 0 saturated heterocycles. The summed E-state index contributed by atoms with van der Waals surface area (Å²) in [5.41, 5.74) is -0.0686. The van der Waals surface area contributed by atoms with Gasteiger partial charge < -0.3 is 10.3 Å². The Bertz CT molecular complexity index is 429. The van der Waals surface area contributed by atoms with Gasteiger partial charge in [-0.15, -0.1) is 0 Å². The molecule has 0 unspecified atom stereocenters. The topological polar surface area (TPSA) is 57.8 Å². The van der Waals surface area contributed by atoms with Crippen LogP contribution in [0, 0.1) is 3.57 Å². The number of nitrogens with zero attached hydrogens (tertiary/aromatic N) is 1. The van der Waals surface area contributed by atoms with E-state index in [1.165, 1.54) is 19.2 Å². The molecule has 6 heteroatoms. The average Bonchev–Trinajstić information content (AvgIpc) is 2.36. The Morgan fingerprint density at radius 3 is 2.82 bits per heavy atom. The highest BCUT2D eigenvalue weighted by atomic mass is 127. The second-order valence-corrected chi connectivity index (χ2v) is 6.46. The van der Waals surface area contributed by atoms with E-state index in [1.54, 1.807) is 0 Å². The monoisotopic (exact) mass is 365 g/mol. The molecule has 4 nitrogen and oxygen atoms in total. The SMILES string of the molecule is CSC1CCC(Nc2nc[nH]c(=O)c2I)CC1. The van der Waals surface area contributed by atoms with E-state index in [0.717, 1.165) is 23.9 Å². The van der Waals surface area contributed by atoms with Gasteiger partial charge in [-0.1, -0.05) is 0 Å². The number of thioether (sulfide) groups is 1. The number of halogens is 1. The molecule has 2 N–H and O–H groups in total. The van der Waals surface area contributed by atoms with Crippen LogP contribution in [0.5, 0.6) is 0 Å².